The summed E-state index contributed by atoms with van der Waals surface area (Å²) in [5.41, 5.74) is 1.27. The highest BCUT2D eigenvalue weighted by Crippen LogP contribution is 2.28. The lowest BCUT2D eigenvalue weighted by molar-refractivity contribution is -0.132. The summed E-state index contributed by atoms with van der Waals surface area (Å²) >= 11 is 1.54. The molecule has 2 rings (SSSR count). The third kappa shape index (κ3) is 3.09. The molecular formula is C13H15NO2S. The molecule has 1 unspecified atom stereocenters. The number of rotatable bonds is 3. The van der Waals surface area contributed by atoms with E-state index in [1.165, 1.54) is 17.3 Å². The summed E-state index contributed by atoms with van der Waals surface area (Å²) in [5, 5.41) is 2.24. The Hall–Kier alpha value is -1.29. The Kier molecular flexibility index (Phi) is 3.84. The number of amides is 2. The number of imide groups is 1. The van der Waals surface area contributed by atoms with Gasteiger partial charge in [-0.1, -0.05) is 19.1 Å². The van der Waals surface area contributed by atoms with E-state index in [4.69, 9.17) is 0 Å². The van der Waals surface area contributed by atoms with Crippen molar-refractivity contribution >= 4 is 23.6 Å². The Balaban J connectivity index is 2.05. The van der Waals surface area contributed by atoms with Gasteiger partial charge < -0.3 is 0 Å². The number of benzene rings is 1. The van der Waals surface area contributed by atoms with Gasteiger partial charge in [0, 0.05) is 11.3 Å². The standard InChI is InChI=1S/C13H15NO2S/c1-2-9-4-3-5-10(8-9)17-11-6-7-12(15)14-13(11)16/h3-5,8,11H,2,6-7H2,1H3,(H,14,15,16). The van der Waals surface area contributed by atoms with Crippen LogP contribution in [-0.4, -0.2) is 17.1 Å². The molecule has 90 valence electrons. The van der Waals surface area contributed by atoms with Crippen molar-refractivity contribution in [2.75, 3.05) is 0 Å². The molecule has 1 N–H and O–H groups in total. The van der Waals surface area contributed by atoms with Gasteiger partial charge in [0.25, 0.3) is 0 Å². The molecule has 2 amide bonds. The fourth-order valence-electron chi connectivity index (χ4n) is 1.79. The lowest BCUT2D eigenvalue weighted by Crippen LogP contribution is -2.42. The van der Waals surface area contributed by atoms with E-state index in [1.807, 2.05) is 12.1 Å². The minimum atomic E-state index is -0.159. The van der Waals surface area contributed by atoms with Crippen molar-refractivity contribution < 1.29 is 9.59 Å². The summed E-state index contributed by atoms with van der Waals surface area (Å²) in [5.74, 6) is -0.317. The van der Waals surface area contributed by atoms with Crippen LogP contribution in [0.5, 0.6) is 0 Å². The second-order valence-corrected chi connectivity index (χ2v) is 5.33. The zero-order valence-electron chi connectivity index (χ0n) is 9.73. The van der Waals surface area contributed by atoms with E-state index in [2.05, 4.69) is 24.4 Å². The minimum Gasteiger partial charge on any atom is -0.295 e. The van der Waals surface area contributed by atoms with Crippen LogP contribution in [0.25, 0.3) is 0 Å². The maximum atomic E-state index is 11.6. The van der Waals surface area contributed by atoms with Crippen LogP contribution >= 0.6 is 11.8 Å². The Labute approximate surface area is 105 Å². The number of hydrogen-bond donors (Lipinski definition) is 1. The van der Waals surface area contributed by atoms with E-state index in [0.717, 1.165) is 11.3 Å². The number of piperidine rings is 1. The molecular weight excluding hydrogens is 234 g/mol. The molecule has 0 aromatic heterocycles. The molecule has 1 aromatic carbocycles. The maximum Gasteiger partial charge on any atom is 0.240 e. The average Bonchev–Trinajstić information content (AvgIpc) is 2.33. The molecule has 0 aliphatic carbocycles. The lowest BCUT2D eigenvalue weighted by Gasteiger charge is -2.20. The maximum absolute atomic E-state index is 11.6. The van der Waals surface area contributed by atoms with Crippen LogP contribution in [0, 0.1) is 0 Å². The molecule has 1 atom stereocenters. The number of thioether (sulfide) groups is 1. The molecule has 0 saturated carbocycles. The predicted octanol–water partition coefficient (Wildman–Crippen LogP) is 2.15. The SMILES string of the molecule is CCc1cccc(SC2CCC(=O)NC2=O)c1. The third-order valence-electron chi connectivity index (χ3n) is 2.77. The first-order chi connectivity index (χ1) is 8.19. The molecule has 1 heterocycles. The number of aryl methyl sites for hydroxylation is 1. The summed E-state index contributed by atoms with van der Waals surface area (Å²) in [6.07, 6.45) is 2.06. The molecule has 1 aromatic rings. The zero-order chi connectivity index (χ0) is 12.3. The topological polar surface area (TPSA) is 46.2 Å². The van der Waals surface area contributed by atoms with Gasteiger partial charge in [0.1, 0.15) is 0 Å². The van der Waals surface area contributed by atoms with Gasteiger partial charge in [0.05, 0.1) is 5.25 Å². The highest BCUT2D eigenvalue weighted by molar-refractivity contribution is 8.00. The van der Waals surface area contributed by atoms with Gasteiger partial charge in [-0.2, -0.15) is 0 Å². The molecule has 4 heteroatoms. The van der Waals surface area contributed by atoms with E-state index < -0.39 is 0 Å². The lowest BCUT2D eigenvalue weighted by atomic mass is 10.1. The fourth-order valence-corrected chi connectivity index (χ4v) is 2.90. The summed E-state index contributed by atoms with van der Waals surface area (Å²) < 4.78 is 0. The summed E-state index contributed by atoms with van der Waals surface area (Å²) in [7, 11) is 0. The highest BCUT2D eigenvalue weighted by Gasteiger charge is 2.27. The van der Waals surface area contributed by atoms with Gasteiger partial charge in [0.2, 0.25) is 11.8 Å². The first-order valence-electron chi connectivity index (χ1n) is 5.78. The van der Waals surface area contributed by atoms with Crippen LogP contribution in [0.3, 0.4) is 0 Å². The third-order valence-corrected chi connectivity index (χ3v) is 4.03. The Morgan fingerprint density at radius 3 is 2.94 bits per heavy atom. The Bertz CT molecular complexity index is 445. The van der Waals surface area contributed by atoms with Crippen LogP contribution in [0.1, 0.15) is 25.3 Å². The largest absolute Gasteiger partial charge is 0.295 e. The van der Waals surface area contributed by atoms with Gasteiger partial charge in [-0.05, 0) is 30.5 Å². The summed E-state index contributed by atoms with van der Waals surface area (Å²) in [6.45, 7) is 2.11. The smallest absolute Gasteiger partial charge is 0.240 e. The van der Waals surface area contributed by atoms with Crippen LogP contribution in [-0.2, 0) is 16.0 Å². The quantitative estimate of drug-likeness (QED) is 0.835. The first kappa shape index (κ1) is 12.2. The Morgan fingerprint density at radius 1 is 1.41 bits per heavy atom. The van der Waals surface area contributed by atoms with Gasteiger partial charge in [-0.3, -0.25) is 14.9 Å². The van der Waals surface area contributed by atoms with E-state index in [0.29, 0.717) is 12.8 Å². The van der Waals surface area contributed by atoms with Crippen LogP contribution in [0.15, 0.2) is 29.2 Å². The molecule has 1 saturated heterocycles. The zero-order valence-corrected chi connectivity index (χ0v) is 10.5. The first-order valence-corrected chi connectivity index (χ1v) is 6.66. The predicted molar refractivity (Wildman–Crippen MR) is 67.8 cm³/mol. The molecule has 17 heavy (non-hydrogen) atoms. The van der Waals surface area contributed by atoms with Crippen molar-refractivity contribution in [2.45, 2.75) is 36.3 Å². The summed E-state index contributed by atoms with van der Waals surface area (Å²) in [6, 6.07) is 8.20. The van der Waals surface area contributed by atoms with Crippen molar-refractivity contribution in [3.8, 4) is 0 Å². The van der Waals surface area contributed by atoms with Gasteiger partial charge in [-0.15, -0.1) is 11.8 Å². The fraction of sp³-hybridized carbons (Fsp3) is 0.385. The molecule has 3 nitrogen and oxygen atoms in total. The molecule has 0 bridgehead atoms. The van der Waals surface area contributed by atoms with Gasteiger partial charge >= 0.3 is 0 Å². The molecule has 0 radical (unpaired) electrons. The second-order valence-electron chi connectivity index (χ2n) is 4.06. The molecule has 1 aliphatic heterocycles. The van der Waals surface area contributed by atoms with E-state index >= 15 is 0 Å². The number of nitrogens with one attached hydrogen (secondary N) is 1. The monoisotopic (exact) mass is 249 g/mol. The average molecular weight is 249 g/mol. The normalized spacial score (nSPS) is 20.2. The van der Waals surface area contributed by atoms with E-state index in [-0.39, 0.29) is 17.1 Å². The van der Waals surface area contributed by atoms with E-state index in [1.54, 1.807) is 0 Å². The second kappa shape index (κ2) is 5.36. The van der Waals surface area contributed by atoms with Crippen molar-refractivity contribution in [3.63, 3.8) is 0 Å². The van der Waals surface area contributed by atoms with Crippen LogP contribution in [0.4, 0.5) is 0 Å². The van der Waals surface area contributed by atoms with Crippen molar-refractivity contribution in [1.82, 2.24) is 5.32 Å². The van der Waals surface area contributed by atoms with Crippen molar-refractivity contribution in [1.29, 1.82) is 0 Å². The van der Waals surface area contributed by atoms with Crippen molar-refractivity contribution in [2.24, 2.45) is 0 Å². The van der Waals surface area contributed by atoms with Crippen LogP contribution in [0.2, 0.25) is 0 Å². The number of carbonyl (C=O) groups excluding carboxylic acids is 2. The molecule has 1 fully saturated rings. The van der Waals surface area contributed by atoms with Gasteiger partial charge in [0.15, 0.2) is 0 Å². The number of hydrogen-bond acceptors (Lipinski definition) is 3. The number of carbonyl (C=O) groups is 2. The van der Waals surface area contributed by atoms with Gasteiger partial charge in [-0.25, -0.2) is 0 Å². The van der Waals surface area contributed by atoms with Crippen molar-refractivity contribution in [3.05, 3.63) is 29.8 Å². The van der Waals surface area contributed by atoms with E-state index in [9.17, 15) is 9.59 Å². The minimum absolute atomic E-state index is 0.139. The molecule has 0 spiro atoms. The van der Waals surface area contributed by atoms with Crippen LogP contribution < -0.4 is 5.32 Å². The Morgan fingerprint density at radius 2 is 2.24 bits per heavy atom. The molecule has 1 aliphatic rings. The summed E-state index contributed by atoms with van der Waals surface area (Å²) in [4.78, 5) is 23.7. The highest BCUT2D eigenvalue weighted by atomic mass is 32.2.